The number of ketones is 1. The number of hydrogen-bond acceptors (Lipinski definition) is 2. The van der Waals surface area contributed by atoms with Crippen molar-refractivity contribution in [2.45, 2.75) is 32.2 Å². The van der Waals surface area contributed by atoms with Crippen molar-refractivity contribution in [2.75, 3.05) is 6.54 Å². The lowest BCUT2D eigenvalue weighted by molar-refractivity contribution is -0.137. The summed E-state index contributed by atoms with van der Waals surface area (Å²) >= 11 is 0. The predicted molar refractivity (Wildman–Crippen MR) is 94.5 cm³/mol. The van der Waals surface area contributed by atoms with Gasteiger partial charge in [0, 0.05) is 19.4 Å². The van der Waals surface area contributed by atoms with Crippen molar-refractivity contribution in [3.05, 3.63) is 71.8 Å². The Balaban J connectivity index is 1.87. The molecule has 0 N–H and O–H groups in total. The minimum atomic E-state index is -0.0572. The summed E-state index contributed by atoms with van der Waals surface area (Å²) in [6.07, 6.45) is 1.87. The van der Waals surface area contributed by atoms with Gasteiger partial charge >= 0.3 is 0 Å². The predicted octanol–water partition coefficient (Wildman–Crippen LogP) is 3.99. The molecule has 0 saturated carbocycles. The van der Waals surface area contributed by atoms with E-state index >= 15 is 0 Å². The van der Waals surface area contributed by atoms with Crippen LogP contribution < -0.4 is 0 Å². The van der Waals surface area contributed by atoms with E-state index < -0.39 is 0 Å². The van der Waals surface area contributed by atoms with Crippen molar-refractivity contribution in [3.63, 3.8) is 0 Å². The molecular weight excluding hydrogens is 298 g/mol. The molecule has 1 unspecified atom stereocenters. The van der Waals surface area contributed by atoms with E-state index in [9.17, 15) is 9.59 Å². The largest absolute Gasteiger partial charge is 0.332 e. The summed E-state index contributed by atoms with van der Waals surface area (Å²) in [6.45, 7) is 2.30. The van der Waals surface area contributed by atoms with E-state index in [-0.39, 0.29) is 23.7 Å². The van der Waals surface area contributed by atoms with Crippen LogP contribution in [0.4, 0.5) is 0 Å². The van der Waals surface area contributed by atoms with E-state index in [2.05, 4.69) is 24.3 Å². The van der Waals surface area contributed by atoms with Gasteiger partial charge in [0.2, 0.25) is 5.91 Å². The van der Waals surface area contributed by atoms with Crippen molar-refractivity contribution >= 4 is 11.7 Å². The van der Waals surface area contributed by atoms with Crippen LogP contribution in [0.1, 0.15) is 43.4 Å². The standard InChI is InChI=1S/C21H23NO2/c1-16(23)14-17-12-13-22(20(24)15-17)21(18-8-4-2-5-9-18)19-10-6-3-7-11-19/h2-11,17,21H,12-15H2,1H3. The smallest absolute Gasteiger partial charge is 0.223 e. The van der Waals surface area contributed by atoms with Crippen LogP contribution in [0, 0.1) is 5.92 Å². The minimum Gasteiger partial charge on any atom is -0.332 e. The molecule has 2 aromatic rings. The lowest BCUT2D eigenvalue weighted by atomic mass is 9.88. The highest BCUT2D eigenvalue weighted by atomic mass is 16.2. The number of amides is 1. The summed E-state index contributed by atoms with van der Waals surface area (Å²) in [5, 5.41) is 0. The third kappa shape index (κ3) is 3.73. The molecule has 1 aliphatic heterocycles. The van der Waals surface area contributed by atoms with Gasteiger partial charge in [0.05, 0.1) is 6.04 Å². The van der Waals surface area contributed by atoms with Gasteiger partial charge in [-0.3, -0.25) is 4.79 Å². The molecule has 0 aliphatic carbocycles. The number of nitrogens with zero attached hydrogens (tertiary/aromatic N) is 1. The SMILES string of the molecule is CC(=O)CC1CCN(C(c2ccccc2)c2ccccc2)C(=O)C1. The normalized spacial score (nSPS) is 18.0. The van der Waals surface area contributed by atoms with Crippen molar-refractivity contribution < 1.29 is 9.59 Å². The fourth-order valence-electron chi connectivity index (χ4n) is 3.59. The third-order valence-corrected chi connectivity index (χ3v) is 4.68. The minimum absolute atomic E-state index is 0.0572. The molecule has 1 atom stereocenters. The highest BCUT2D eigenvalue weighted by molar-refractivity contribution is 5.80. The maximum absolute atomic E-state index is 12.8. The molecule has 1 fully saturated rings. The summed E-state index contributed by atoms with van der Waals surface area (Å²) in [5.74, 6) is 0.507. The summed E-state index contributed by atoms with van der Waals surface area (Å²) in [4.78, 5) is 26.1. The van der Waals surface area contributed by atoms with E-state index in [4.69, 9.17) is 0 Å². The van der Waals surface area contributed by atoms with Crippen molar-refractivity contribution in [2.24, 2.45) is 5.92 Å². The molecule has 3 rings (SSSR count). The highest BCUT2D eigenvalue weighted by Crippen LogP contribution is 2.33. The maximum atomic E-state index is 12.8. The van der Waals surface area contributed by atoms with Crippen molar-refractivity contribution in [1.29, 1.82) is 0 Å². The fourth-order valence-corrected chi connectivity index (χ4v) is 3.59. The Morgan fingerprint density at radius 1 is 1.04 bits per heavy atom. The Labute approximate surface area is 143 Å². The summed E-state index contributed by atoms with van der Waals surface area (Å²) in [7, 11) is 0. The van der Waals surface area contributed by atoms with Crippen LogP contribution in [0.15, 0.2) is 60.7 Å². The average molecular weight is 321 g/mol. The van der Waals surface area contributed by atoms with Gasteiger partial charge in [0.1, 0.15) is 5.78 Å². The van der Waals surface area contributed by atoms with Crippen LogP contribution >= 0.6 is 0 Å². The summed E-state index contributed by atoms with van der Waals surface area (Å²) in [6, 6.07) is 20.3. The molecule has 24 heavy (non-hydrogen) atoms. The van der Waals surface area contributed by atoms with E-state index in [1.54, 1.807) is 6.92 Å². The molecule has 0 aromatic heterocycles. The topological polar surface area (TPSA) is 37.4 Å². The van der Waals surface area contributed by atoms with Gasteiger partial charge in [0.25, 0.3) is 0 Å². The van der Waals surface area contributed by atoms with Gasteiger partial charge in [0.15, 0.2) is 0 Å². The van der Waals surface area contributed by atoms with Crippen LogP contribution in [-0.4, -0.2) is 23.1 Å². The lowest BCUT2D eigenvalue weighted by Crippen LogP contribution is -2.42. The summed E-state index contributed by atoms with van der Waals surface area (Å²) in [5.41, 5.74) is 2.25. The van der Waals surface area contributed by atoms with Gasteiger partial charge in [-0.1, -0.05) is 60.7 Å². The van der Waals surface area contributed by atoms with E-state index in [0.29, 0.717) is 19.4 Å². The van der Waals surface area contributed by atoms with Crippen molar-refractivity contribution in [1.82, 2.24) is 4.90 Å². The molecule has 0 radical (unpaired) electrons. The van der Waals surface area contributed by atoms with Crippen LogP contribution in [0.5, 0.6) is 0 Å². The van der Waals surface area contributed by atoms with Gasteiger partial charge in [-0.05, 0) is 30.4 Å². The first-order chi connectivity index (χ1) is 11.6. The highest BCUT2D eigenvalue weighted by Gasteiger charge is 2.32. The van der Waals surface area contributed by atoms with Crippen LogP contribution in [0.25, 0.3) is 0 Å². The molecule has 1 aliphatic rings. The molecule has 1 heterocycles. The zero-order valence-corrected chi connectivity index (χ0v) is 14.0. The zero-order chi connectivity index (χ0) is 16.9. The molecule has 124 valence electrons. The molecule has 0 spiro atoms. The number of hydrogen-bond donors (Lipinski definition) is 0. The number of rotatable bonds is 5. The second-order valence-electron chi connectivity index (χ2n) is 6.58. The Morgan fingerprint density at radius 3 is 2.04 bits per heavy atom. The van der Waals surface area contributed by atoms with E-state index in [1.165, 1.54) is 0 Å². The lowest BCUT2D eigenvalue weighted by Gasteiger charge is -2.38. The first-order valence-electron chi connectivity index (χ1n) is 8.54. The number of likely N-dealkylation sites (tertiary alicyclic amines) is 1. The number of carbonyl (C=O) groups is 2. The molecule has 1 amide bonds. The Morgan fingerprint density at radius 2 is 1.58 bits per heavy atom. The van der Waals surface area contributed by atoms with Crippen LogP contribution in [0.3, 0.4) is 0 Å². The van der Waals surface area contributed by atoms with Gasteiger partial charge in [-0.2, -0.15) is 0 Å². The maximum Gasteiger partial charge on any atom is 0.223 e. The third-order valence-electron chi connectivity index (χ3n) is 4.68. The number of benzene rings is 2. The Hall–Kier alpha value is -2.42. The molecule has 1 saturated heterocycles. The fraction of sp³-hybridized carbons (Fsp3) is 0.333. The first kappa shape index (κ1) is 16.4. The van der Waals surface area contributed by atoms with Crippen LogP contribution in [0.2, 0.25) is 0 Å². The van der Waals surface area contributed by atoms with Gasteiger partial charge < -0.3 is 9.69 Å². The zero-order valence-electron chi connectivity index (χ0n) is 14.0. The second-order valence-corrected chi connectivity index (χ2v) is 6.58. The first-order valence-corrected chi connectivity index (χ1v) is 8.54. The average Bonchev–Trinajstić information content (AvgIpc) is 2.58. The molecule has 3 nitrogen and oxygen atoms in total. The van der Waals surface area contributed by atoms with Gasteiger partial charge in [-0.15, -0.1) is 0 Å². The molecule has 2 aromatic carbocycles. The second kappa shape index (κ2) is 7.43. The quantitative estimate of drug-likeness (QED) is 0.835. The van der Waals surface area contributed by atoms with E-state index in [0.717, 1.165) is 17.5 Å². The number of carbonyl (C=O) groups excluding carboxylic acids is 2. The summed E-state index contributed by atoms with van der Waals surface area (Å²) < 4.78 is 0. The van der Waals surface area contributed by atoms with Gasteiger partial charge in [-0.25, -0.2) is 0 Å². The van der Waals surface area contributed by atoms with E-state index in [1.807, 2.05) is 41.3 Å². The Kier molecular flexibility index (Phi) is 5.09. The molecule has 0 bridgehead atoms. The number of Topliss-reactive ketones (excluding diaryl/α,β-unsaturated/α-hetero) is 1. The van der Waals surface area contributed by atoms with Crippen molar-refractivity contribution in [3.8, 4) is 0 Å². The Bertz CT molecular complexity index is 657. The van der Waals surface area contributed by atoms with Crippen LogP contribution in [-0.2, 0) is 9.59 Å². The monoisotopic (exact) mass is 321 g/mol. The molecule has 3 heteroatoms. The molecular formula is C21H23NO2. The number of piperidine rings is 1.